The lowest BCUT2D eigenvalue weighted by molar-refractivity contribution is 0.584. The molecule has 1 nitrogen and oxygen atoms in total. The van der Waals surface area contributed by atoms with Gasteiger partial charge in [0.2, 0.25) is 0 Å². The van der Waals surface area contributed by atoms with Gasteiger partial charge in [-0.25, -0.2) is 4.39 Å². The molecule has 0 aliphatic carbocycles. The van der Waals surface area contributed by atoms with Crippen molar-refractivity contribution in [3.63, 3.8) is 0 Å². The minimum atomic E-state index is -0.362. The summed E-state index contributed by atoms with van der Waals surface area (Å²) in [6.45, 7) is 4.16. The molecule has 0 aliphatic rings. The van der Waals surface area contributed by atoms with Gasteiger partial charge in [-0.3, -0.25) is 0 Å². The summed E-state index contributed by atoms with van der Waals surface area (Å²) in [4.78, 5) is 0. The van der Waals surface area contributed by atoms with Crippen molar-refractivity contribution in [2.45, 2.75) is 26.3 Å². The highest BCUT2D eigenvalue weighted by molar-refractivity contribution is 6.31. The summed E-state index contributed by atoms with van der Waals surface area (Å²) >= 11 is 6.04. The molecule has 2 aromatic rings. The van der Waals surface area contributed by atoms with E-state index in [0.29, 0.717) is 6.42 Å². The highest BCUT2D eigenvalue weighted by Crippen LogP contribution is 2.26. The average Bonchev–Trinajstić information content (AvgIpc) is 2.39. The molecule has 0 spiro atoms. The first-order valence-electron chi connectivity index (χ1n) is 6.69. The van der Waals surface area contributed by atoms with Gasteiger partial charge in [-0.2, -0.15) is 0 Å². The Morgan fingerprint density at radius 3 is 2.40 bits per heavy atom. The minimum absolute atomic E-state index is 0.118. The second kappa shape index (κ2) is 6.38. The van der Waals surface area contributed by atoms with Gasteiger partial charge in [0.05, 0.1) is 5.02 Å². The van der Waals surface area contributed by atoms with Crippen molar-refractivity contribution in [3.8, 4) is 0 Å². The summed E-state index contributed by atoms with van der Waals surface area (Å²) < 4.78 is 13.5. The van der Waals surface area contributed by atoms with Gasteiger partial charge in [0, 0.05) is 6.04 Å². The van der Waals surface area contributed by atoms with Crippen LogP contribution < -0.4 is 5.32 Å². The summed E-state index contributed by atoms with van der Waals surface area (Å²) in [5, 5.41) is 3.51. The summed E-state index contributed by atoms with van der Waals surface area (Å²) in [5.41, 5.74) is 4.48. The lowest BCUT2D eigenvalue weighted by Crippen LogP contribution is -2.19. The van der Waals surface area contributed by atoms with Crippen LogP contribution in [-0.4, -0.2) is 7.05 Å². The highest BCUT2D eigenvalue weighted by Gasteiger charge is 2.14. The van der Waals surface area contributed by atoms with Crippen molar-refractivity contribution in [1.82, 2.24) is 5.32 Å². The van der Waals surface area contributed by atoms with Gasteiger partial charge in [-0.15, -0.1) is 0 Å². The maximum atomic E-state index is 13.5. The molecule has 0 amide bonds. The molecule has 0 heterocycles. The Morgan fingerprint density at radius 1 is 1.15 bits per heavy atom. The van der Waals surface area contributed by atoms with E-state index in [9.17, 15) is 4.39 Å². The number of nitrogens with one attached hydrogen (secondary N) is 1. The molecule has 0 aliphatic heterocycles. The first kappa shape index (κ1) is 15.0. The third-order valence-corrected chi connectivity index (χ3v) is 3.87. The van der Waals surface area contributed by atoms with E-state index in [4.69, 9.17) is 11.6 Å². The van der Waals surface area contributed by atoms with E-state index >= 15 is 0 Å². The van der Waals surface area contributed by atoms with E-state index in [1.165, 1.54) is 22.8 Å². The fourth-order valence-electron chi connectivity index (χ4n) is 2.52. The number of rotatable bonds is 4. The molecule has 1 atom stereocenters. The number of hydrogen-bond donors (Lipinski definition) is 1. The maximum Gasteiger partial charge on any atom is 0.142 e. The topological polar surface area (TPSA) is 12.0 Å². The van der Waals surface area contributed by atoms with Crippen LogP contribution in [0.4, 0.5) is 4.39 Å². The summed E-state index contributed by atoms with van der Waals surface area (Å²) in [7, 11) is 1.91. The first-order valence-corrected chi connectivity index (χ1v) is 7.07. The molecule has 0 saturated heterocycles. The van der Waals surface area contributed by atoms with Crippen LogP contribution in [-0.2, 0) is 6.42 Å². The SMILES string of the molecule is CNC(Cc1cccc(F)c1Cl)c1cc(C)cc(C)c1. The smallest absolute Gasteiger partial charge is 0.142 e. The number of benzene rings is 2. The monoisotopic (exact) mass is 291 g/mol. The Balaban J connectivity index is 2.31. The fourth-order valence-corrected chi connectivity index (χ4v) is 2.73. The largest absolute Gasteiger partial charge is 0.313 e. The summed E-state index contributed by atoms with van der Waals surface area (Å²) in [6.07, 6.45) is 0.663. The lowest BCUT2D eigenvalue weighted by atomic mass is 9.96. The lowest BCUT2D eigenvalue weighted by Gasteiger charge is -2.19. The predicted molar refractivity (Wildman–Crippen MR) is 82.8 cm³/mol. The van der Waals surface area contributed by atoms with Gasteiger partial charge < -0.3 is 5.32 Å². The van der Waals surface area contributed by atoms with Crippen molar-refractivity contribution in [2.24, 2.45) is 0 Å². The molecule has 0 bridgehead atoms. The van der Waals surface area contributed by atoms with Gasteiger partial charge in [0.1, 0.15) is 5.82 Å². The first-order chi connectivity index (χ1) is 9.51. The van der Waals surface area contributed by atoms with Crippen molar-refractivity contribution in [3.05, 3.63) is 69.5 Å². The zero-order chi connectivity index (χ0) is 14.7. The molecule has 106 valence electrons. The van der Waals surface area contributed by atoms with E-state index < -0.39 is 0 Å². The molecule has 0 aromatic heterocycles. The van der Waals surface area contributed by atoms with Crippen LogP contribution >= 0.6 is 11.6 Å². The van der Waals surface area contributed by atoms with Crippen LogP contribution in [0.15, 0.2) is 36.4 Å². The molecule has 0 radical (unpaired) electrons. The van der Waals surface area contributed by atoms with E-state index in [1.54, 1.807) is 6.07 Å². The molecule has 1 N–H and O–H groups in total. The molecule has 2 aromatic carbocycles. The van der Waals surface area contributed by atoms with E-state index in [1.807, 2.05) is 13.1 Å². The Labute approximate surface area is 124 Å². The third kappa shape index (κ3) is 3.38. The van der Waals surface area contributed by atoms with Crippen molar-refractivity contribution < 1.29 is 4.39 Å². The predicted octanol–water partition coefficient (Wildman–Crippen LogP) is 4.60. The molecule has 0 saturated carbocycles. The molecule has 2 rings (SSSR count). The second-order valence-corrected chi connectivity index (χ2v) is 5.56. The quantitative estimate of drug-likeness (QED) is 0.868. The van der Waals surface area contributed by atoms with Crippen LogP contribution in [0, 0.1) is 19.7 Å². The molecule has 0 fully saturated rings. The standard InChI is InChI=1S/C17H19ClFN/c1-11-7-12(2)9-14(8-11)16(20-3)10-13-5-4-6-15(19)17(13)18/h4-9,16,20H,10H2,1-3H3. The highest BCUT2D eigenvalue weighted by atomic mass is 35.5. The Morgan fingerprint density at radius 2 is 1.80 bits per heavy atom. The minimum Gasteiger partial charge on any atom is -0.313 e. The van der Waals surface area contributed by atoms with E-state index in [-0.39, 0.29) is 16.9 Å². The summed E-state index contributed by atoms with van der Waals surface area (Å²) in [5.74, 6) is -0.362. The number of halogens is 2. The van der Waals surface area contributed by atoms with Crippen LogP contribution in [0.25, 0.3) is 0 Å². The van der Waals surface area contributed by atoms with Gasteiger partial charge in [0.25, 0.3) is 0 Å². The van der Waals surface area contributed by atoms with Crippen molar-refractivity contribution >= 4 is 11.6 Å². The van der Waals surface area contributed by atoms with Gasteiger partial charge in [-0.1, -0.05) is 53.1 Å². The number of aryl methyl sites for hydroxylation is 2. The van der Waals surface area contributed by atoms with Crippen molar-refractivity contribution in [1.29, 1.82) is 0 Å². The Hall–Kier alpha value is -1.38. The van der Waals surface area contributed by atoms with Gasteiger partial charge >= 0.3 is 0 Å². The Kier molecular flexibility index (Phi) is 4.79. The second-order valence-electron chi connectivity index (χ2n) is 5.18. The van der Waals surface area contributed by atoms with E-state index in [2.05, 4.69) is 37.4 Å². The van der Waals surface area contributed by atoms with Crippen molar-refractivity contribution in [2.75, 3.05) is 7.05 Å². The zero-order valence-electron chi connectivity index (χ0n) is 12.0. The fraction of sp³-hybridized carbons (Fsp3) is 0.294. The normalized spacial score (nSPS) is 12.4. The number of hydrogen-bond acceptors (Lipinski definition) is 1. The maximum absolute atomic E-state index is 13.5. The number of likely N-dealkylation sites (N-methyl/N-ethyl adjacent to an activating group) is 1. The van der Waals surface area contributed by atoms with Crippen LogP contribution in [0.1, 0.15) is 28.3 Å². The van der Waals surface area contributed by atoms with Gasteiger partial charge in [0.15, 0.2) is 0 Å². The van der Waals surface area contributed by atoms with E-state index in [0.717, 1.165) is 5.56 Å². The average molecular weight is 292 g/mol. The molecule has 3 heteroatoms. The zero-order valence-corrected chi connectivity index (χ0v) is 12.8. The third-order valence-electron chi connectivity index (χ3n) is 3.45. The van der Waals surface area contributed by atoms with Crippen LogP contribution in [0.3, 0.4) is 0 Å². The van der Waals surface area contributed by atoms with Gasteiger partial charge in [-0.05, 0) is 44.5 Å². The summed E-state index contributed by atoms with van der Waals surface area (Å²) in [6, 6.07) is 11.5. The molecular formula is C17H19ClFN. The van der Waals surface area contributed by atoms with Crippen LogP contribution in [0.5, 0.6) is 0 Å². The van der Waals surface area contributed by atoms with Crippen LogP contribution in [0.2, 0.25) is 5.02 Å². The Bertz CT molecular complexity index is 590. The molecular weight excluding hydrogens is 273 g/mol. The molecule has 1 unspecified atom stereocenters. The molecule has 20 heavy (non-hydrogen) atoms.